The maximum atomic E-state index is 2.47. The smallest absolute Gasteiger partial charge is 0.0540 e. The SMILES string of the molecule is c1ccc(-c2ccc3cc(N(c4ccccc4-c4cccc5ccccc45)c4ccccc4-c4cc5ccccc5c5ccccc45)ccc3c2)cc1. The van der Waals surface area contributed by atoms with E-state index in [1.54, 1.807) is 0 Å². The molecule has 0 radical (unpaired) electrons. The number of hydrogen-bond acceptors (Lipinski definition) is 1. The monoisotopic (exact) mass is 673 g/mol. The summed E-state index contributed by atoms with van der Waals surface area (Å²) in [5.41, 5.74) is 10.6. The second-order valence-corrected chi connectivity index (χ2v) is 13.7. The molecule has 0 unspecified atom stereocenters. The maximum absolute atomic E-state index is 2.47. The van der Waals surface area contributed by atoms with Crippen molar-refractivity contribution >= 4 is 60.2 Å². The van der Waals surface area contributed by atoms with Crippen molar-refractivity contribution in [2.45, 2.75) is 0 Å². The molecule has 10 rings (SSSR count). The fourth-order valence-corrected chi connectivity index (χ4v) is 8.12. The highest BCUT2D eigenvalue weighted by molar-refractivity contribution is 6.15. The molecule has 0 aliphatic heterocycles. The molecule has 0 fully saturated rings. The van der Waals surface area contributed by atoms with Crippen molar-refractivity contribution in [1.82, 2.24) is 0 Å². The van der Waals surface area contributed by atoms with E-state index in [4.69, 9.17) is 0 Å². The van der Waals surface area contributed by atoms with Crippen molar-refractivity contribution in [3.05, 3.63) is 212 Å². The van der Waals surface area contributed by atoms with Gasteiger partial charge in [0, 0.05) is 16.8 Å². The predicted molar refractivity (Wildman–Crippen MR) is 227 cm³/mol. The zero-order valence-corrected chi connectivity index (χ0v) is 29.2. The van der Waals surface area contributed by atoms with Gasteiger partial charge in [0.2, 0.25) is 0 Å². The number of hydrogen-bond donors (Lipinski definition) is 0. The van der Waals surface area contributed by atoms with Crippen LogP contribution in [0.3, 0.4) is 0 Å². The van der Waals surface area contributed by atoms with Gasteiger partial charge in [0.05, 0.1) is 11.4 Å². The van der Waals surface area contributed by atoms with Crippen LogP contribution in [0, 0.1) is 0 Å². The van der Waals surface area contributed by atoms with Crippen molar-refractivity contribution in [2.24, 2.45) is 0 Å². The average molecular weight is 674 g/mol. The van der Waals surface area contributed by atoms with Crippen molar-refractivity contribution in [1.29, 1.82) is 0 Å². The highest BCUT2D eigenvalue weighted by atomic mass is 15.1. The molecular weight excluding hydrogens is 639 g/mol. The average Bonchev–Trinajstić information content (AvgIpc) is 3.24. The van der Waals surface area contributed by atoms with Gasteiger partial charge >= 0.3 is 0 Å². The van der Waals surface area contributed by atoms with E-state index in [-0.39, 0.29) is 0 Å². The third-order valence-corrected chi connectivity index (χ3v) is 10.6. The Labute approximate surface area is 309 Å². The largest absolute Gasteiger partial charge is 0.309 e. The van der Waals surface area contributed by atoms with Crippen LogP contribution in [0.2, 0.25) is 0 Å². The first-order valence-electron chi connectivity index (χ1n) is 18.3. The van der Waals surface area contributed by atoms with Gasteiger partial charge in [-0.1, -0.05) is 176 Å². The van der Waals surface area contributed by atoms with Gasteiger partial charge in [0.1, 0.15) is 0 Å². The molecule has 248 valence electrons. The van der Waals surface area contributed by atoms with E-state index in [0.29, 0.717) is 0 Å². The second kappa shape index (κ2) is 13.0. The molecule has 1 heteroatoms. The summed E-state index contributed by atoms with van der Waals surface area (Å²) in [6.07, 6.45) is 0. The van der Waals surface area contributed by atoms with Gasteiger partial charge in [-0.15, -0.1) is 0 Å². The van der Waals surface area contributed by atoms with Crippen LogP contribution in [0.1, 0.15) is 0 Å². The van der Waals surface area contributed by atoms with Crippen LogP contribution in [0.15, 0.2) is 212 Å². The van der Waals surface area contributed by atoms with Crippen LogP contribution in [0.25, 0.3) is 76.5 Å². The Balaban J connectivity index is 1.24. The van der Waals surface area contributed by atoms with Gasteiger partial charge in [-0.25, -0.2) is 0 Å². The highest BCUT2D eigenvalue weighted by Crippen LogP contribution is 2.48. The Hall–Kier alpha value is -6.96. The van der Waals surface area contributed by atoms with Crippen LogP contribution < -0.4 is 4.90 Å². The second-order valence-electron chi connectivity index (χ2n) is 13.7. The molecule has 0 spiro atoms. The van der Waals surface area contributed by atoms with Crippen molar-refractivity contribution in [3.63, 3.8) is 0 Å². The zero-order valence-electron chi connectivity index (χ0n) is 29.2. The lowest BCUT2D eigenvalue weighted by Crippen LogP contribution is -2.12. The molecule has 0 aliphatic rings. The van der Waals surface area contributed by atoms with E-state index in [2.05, 4.69) is 217 Å². The first-order valence-corrected chi connectivity index (χ1v) is 18.3. The summed E-state index contributed by atoms with van der Waals surface area (Å²) in [6, 6.07) is 77.4. The highest BCUT2D eigenvalue weighted by Gasteiger charge is 2.22. The summed E-state index contributed by atoms with van der Waals surface area (Å²) >= 11 is 0. The molecule has 0 saturated carbocycles. The van der Waals surface area contributed by atoms with E-state index in [1.807, 2.05) is 0 Å². The third kappa shape index (κ3) is 5.42. The molecular formula is C52H35N. The summed E-state index contributed by atoms with van der Waals surface area (Å²) in [6.45, 7) is 0. The third-order valence-electron chi connectivity index (χ3n) is 10.6. The van der Waals surface area contributed by atoms with Gasteiger partial charge in [0.25, 0.3) is 0 Å². The summed E-state index contributed by atoms with van der Waals surface area (Å²) < 4.78 is 0. The van der Waals surface area contributed by atoms with E-state index in [9.17, 15) is 0 Å². The number of benzene rings is 10. The zero-order chi connectivity index (χ0) is 35.1. The maximum Gasteiger partial charge on any atom is 0.0540 e. The molecule has 0 aliphatic carbocycles. The Morgan fingerprint density at radius 1 is 0.245 bits per heavy atom. The minimum absolute atomic E-state index is 1.11. The van der Waals surface area contributed by atoms with Crippen LogP contribution in [0.5, 0.6) is 0 Å². The Morgan fingerprint density at radius 3 is 1.58 bits per heavy atom. The molecule has 10 aromatic rings. The normalized spacial score (nSPS) is 11.4. The van der Waals surface area contributed by atoms with Crippen LogP contribution in [-0.4, -0.2) is 0 Å². The fraction of sp³-hybridized carbons (Fsp3) is 0. The molecule has 1 nitrogen and oxygen atoms in total. The molecule has 0 heterocycles. The predicted octanol–water partition coefficient (Wildman–Crippen LogP) is 14.8. The van der Waals surface area contributed by atoms with Crippen molar-refractivity contribution in [3.8, 4) is 33.4 Å². The number of anilines is 3. The lowest BCUT2D eigenvalue weighted by atomic mass is 9.91. The minimum Gasteiger partial charge on any atom is -0.309 e. The van der Waals surface area contributed by atoms with Gasteiger partial charge in [-0.3, -0.25) is 0 Å². The van der Waals surface area contributed by atoms with E-state index in [1.165, 1.54) is 76.5 Å². The first-order chi connectivity index (χ1) is 26.3. The van der Waals surface area contributed by atoms with Gasteiger partial charge < -0.3 is 4.90 Å². The van der Waals surface area contributed by atoms with Crippen molar-refractivity contribution < 1.29 is 0 Å². The minimum atomic E-state index is 1.11. The molecule has 0 aromatic heterocycles. The van der Waals surface area contributed by atoms with Crippen molar-refractivity contribution in [2.75, 3.05) is 4.90 Å². The van der Waals surface area contributed by atoms with E-state index in [0.717, 1.165) is 17.1 Å². The lowest BCUT2D eigenvalue weighted by Gasteiger charge is -2.30. The molecule has 0 atom stereocenters. The molecule has 0 bridgehead atoms. The van der Waals surface area contributed by atoms with Gasteiger partial charge in [-0.05, 0) is 102 Å². The molecule has 0 amide bonds. The van der Waals surface area contributed by atoms with Gasteiger partial charge in [0.15, 0.2) is 0 Å². The summed E-state index contributed by atoms with van der Waals surface area (Å²) in [7, 11) is 0. The number of para-hydroxylation sites is 2. The Morgan fingerprint density at radius 2 is 0.792 bits per heavy atom. The standard InChI is InChI=1S/C52H35N/c1-2-15-36(16-3-1)38-29-30-40-34-42(32-31-39(40)33-38)53(51-27-12-10-24-48(51)46-26-14-19-37-17-4-6-20-43(37)46)52-28-13-11-25-49(52)50-35-41-18-5-7-21-44(41)45-22-8-9-23-47(45)50/h1-35H. The first kappa shape index (κ1) is 30.8. The van der Waals surface area contributed by atoms with Crippen LogP contribution in [-0.2, 0) is 0 Å². The Kier molecular flexibility index (Phi) is 7.55. The molecule has 0 N–H and O–H groups in total. The topological polar surface area (TPSA) is 3.24 Å². The van der Waals surface area contributed by atoms with Crippen LogP contribution in [0.4, 0.5) is 17.1 Å². The van der Waals surface area contributed by atoms with Crippen LogP contribution >= 0.6 is 0 Å². The fourth-order valence-electron chi connectivity index (χ4n) is 8.12. The summed E-state index contributed by atoms with van der Waals surface area (Å²) in [5, 5.41) is 9.89. The molecule has 53 heavy (non-hydrogen) atoms. The summed E-state index contributed by atoms with van der Waals surface area (Å²) in [4.78, 5) is 2.47. The number of fused-ring (bicyclic) bond motifs is 5. The van der Waals surface area contributed by atoms with Gasteiger partial charge in [-0.2, -0.15) is 0 Å². The molecule has 10 aromatic carbocycles. The van der Waals surface area contributed by atoms with E-state index >= 15 is 0 Å². The molecule has 0 saturated heterocycles. The Bertz CT molecular complexity index is 2950. The lowest BCUT2D eigenvalue weighted by molar-refractivity contribution is 1.29. The number of rotatable bonds is 6. The van der Waals surface area contributed by atoms with E-state index < -0.39 is 0 Å². The number of nitrogens with zero attached hydrogens (tertiary/aromatic N) is 1. The summed E-state index contributed by atoms with van der Waals surface area (Å²) in [5.74, 6) is 0. The quantitative estimate of drug-likeness (QED) is 0.159.